The van der Waals surface area contributed by atoms with Gasteiger partial charge >= 0.3 is 5.97 Å². The van der Waals surface area contributed by atoms with Crippen LogP contribution in [0.25, 0.3) is 21.5 Å². The fraction of sp³-hybridized carbons (Fsp3) is 0.182. The third kappa shape index (κ3) is 3.66. The average molecular weight is 507 g/mol. The highest BCUT2D eigenvalue weighted by atomic mass is 16.6. The zero-order chi connectivity index (χ0) is 27.0. The van der Waals surface area contributed by atoms with E-state index in [-0.39, 0.29) is 11.5 Å². The Morgan fingerprint density at radius 3 is 1.68 bits per heavy atom. The van der Waals surface area contributed by atoms with E-state index < -0.39 is 11.6 Å². The van der Waals surface area contributed by atoms with E-state index in [0.717, 1.165) is 16.3 Å². The quantitative estimate of drug-likeness (QED) is 0.206. The molecule has 38 heavy (non-hydrogen) atoms. The van der Waals surface area contributed by atoms with Gasteiger partial charge in [-0.3, -0.25) is 0 Å². The van der Waals surface area contributed by atoms with Crippen LogP contribution in [0.2, 0.25) is 0 Å². The summed E-state index contributed by atoms with van der Waals surface area (Å²) in [5, 5.41) is 23.6. The van der Waals surface area contributed by atoms with Crippen LogP contribution in [0.4, 0.5) is 0 Å². The van der Waals surface area contributed by atoms with Gasteiger partial charge in [0.15, 0.2) is 5.60 Å². The minimum Gasteiger partial charge on any atom is -0.508 e. The number of phenolic OH excluding ortho intramolecular Hbond substituents is 2. The van der Waals surface area contributed by atoms with Gasteiger partial charge in [0.05, 0.1) is 5.56 Å². The monoisotopic (exact) mass is 506 g/mol. The van der Waals surface area contributed by atoms with Crippen molar-refractivity contribution in [2.75, 3.05) is 0 Å². The van der Waals surface area contributed by atoms with Crippen LogP contribution in [0.15, 0.2) is 84.9 Å². The van der Waals surface area contributed by atoms with Crippen molar-refractivity contribution >= 4 is 27.5 Å². The summed E-state index contributed by atoms with van der Waals surface area (Å²) in [7, 11) is 0. The Bertz CT molecular complexity index is 1590. The van der Waals surface area contributed by atoms with Crippen molar-refractivity contribution in [3.63, 3.8) is 0 Å². The summed E-state index contributed by atoms with van der Waals surface area (Å²) in [5.41, 5.74) is 1.40. The third-order valence-electron chi connectivity index (χ3n) is 6.65. The molecule has 7 rings (SSSR count). The Morgan fingerprint density at radius 1 is 0.684 bits per heavy atom. The number of fused-ring (bicyclic) bond motifs is 10. The maximum Gasteiger partial charge on any atom is 0.340 e. The van der Waals surface area contributed by atoms with Crippen molar-refractivity contribution in [2.24, 2.45) is 0 Å². The Balaban J connectivity index is 0.000000552. The first-order valence-electron chi connectivity index (χ1n) is 13.0. The van der Waals surface area contributed by atoms with Crippen molar-refractivity contribution in [3.05, 3.63) is 107 Å². The average Bonchev–Trinajstić information content (AvgIpc) is 3.23. The van der Waals surface area contributed by atoms with Gasteiger partial charge in [0.1, 0.15) is 23.0 Å². The van der Waals surface area contributed by atoms with E-state index in [0.29, 0.717) is 39.0 Å². The predicted octanol–water partition coefficient (Wildman–Crippen LogP) is 8.41. The molecule has 0 radical (unpaired) electrons. The summed E-state index contributed by atoms with van der Waals surface area (Å²) in [6.45, 7) is 8.25. The molecular weight excluding hydrogens is 476 g/mol. The van der Waals surface area contributed by atoms with Crippen LogP contribution in [0.5, 0.6) is 23.0 Å². The summed E-state index contributed by atoms with van der Waals surface area (Å²) in [5.74, 6) is 0.835. The second kappa shape index (κ2) is 9.75. The standard InChI is InChI=1S/C28H16O5.C3H8.C2H6/c29-17-9-5-15-7-11-23-25(20(15)13-17)32-26-21-14-18(30)10-6-16(21)8-12-24(26)28(23)22-4-2-1-3-19(22)27(31)33-28;1-3-2;1-2/h1-14,29-30H;3H2,1-2H3;1-2H3. The van der Waals surface area contributed by atoms with E-state index in [1.807, 2.05) is 68.4 Å². The molecule has 0 bridgehead atoms. The molecule has 0 fully saturated rings. The van der Waals surface area contributed by atoms with Gasteiger partial charge in [-0.25, -0.2) is 4.79 Å². The lowest BCUT2D eigenvalue weighted by Gasteiger charge is -2.37. The molecule has 0 saturated heterocycles. The van der Waals surface area contributed by atoms with Gasteiger partial charge in [-0.15, -0.1) is 0 Å². The number of hydrogen-bond donors (Lipinski definition) is 2. The van der Waals surface area contributed by atoms with E-state index >= 15 is 0 Å². The molecule has 2 aliphatic heterocycles. The van der Waals surface area contributed by atoms with Crippen molar-refractivity contribution < 1.29 is 24.5 Å². The minimum atomic E-state index is -1.21. The van der Waals surface area contributed by atoms with Crippen LogP contribution in [-0.4, -0.2) is 16.2 Å². The summed E-state index contributed by atoms with van der Waals surface area (Å²) in [4.78, 5) is 13.1. The Kier molecular flexibility index (Phi) is 6.45. The van der Waals surface area contributed by atoms with E-state index in [4.69, 9.17) is 9.47 Å². The van der Waals surface area contributed by atoms with E-state index in [1.54, 1.807) is 30.3 Å². The van der Waals surface area contributed by atoms with Gasteiger partial charge in [0.2, 0.25) is 0 Å². The maximum atomic E-state index is 13.1. The number of phenols is 2. The molecule has 0 amide bonds. The topological polar surface area (TPSA) is 76.0 Å². The third-order valence-corrected chi connectivity index (χ3v) is 6.65. The summed E-state index contributed by atoms with van der Waals surface area (Å²) in [6, 6.07) is 25.3. The minimum absolute atomic E-state index is 0.110. The van der Waals surface area contributed by atoms with Crippen LogP contribution < -0.4 is 4.74 Å². The highest BCUT2D eigenvalue weighted by Gasteiger charge is 2.54. The molecule has 5 nitrogen and oxygen atoms in total. The van der Waals surface area contributed by atoms with Crippen LogP contribution in [-0.2, 0) is 10.3 Å². The van der Waals surface area contributed by atoms with Crippen LogP contribution in [0.1, 0.15) is 61.2 Å². The Labute approximate surface area is 221 Å². The SMILES string of the molecule is CC.CCC.O=C1OC2(c3ccccc31)c1ccc3ccc(O)cc3c1Oc1c2ccc2ccc(O)cc12. The second-order valence-corrected chi connectivity index (χ2v) is 9.12. The number of ether oxygens (including phenoxy) is 2. The van der Waals surface area contributed by atoms with Crippen molar-refractivity contribution in [1.29, 1.82) is 0 Å². The van der Waals surface area contributed by atoms with Gasteiger partial charge in [-0.1, -0.05) is 76.6 Å². The molecule has 5 heteroatoms. The smallest absolute Gasteiger partial charge is 0.340 e. The van der Waals surface area contributed by atoms with Crippen molar-refractivity contribution in [1.82, 2.24) is 0 Å². The fourth-order valence-corrected chi connectivity index (χ4v) is 5.20. The normalized spacial score (nSPS) is 13.7. The number of rotatable bonds is 0. The first-order valence-corrected chi connectivity index (χ1v) is 13.0. The number of benzene rings is 5. The van der Waals surface area contributed by atoms with Crippen molar-refractivity contribution in [3.8, 4) is 23.0 Å². The molecular formula is C33H30O5. The molecule has 0 aromatic heterocycles. The number of carbonyl (C=O) groups excluding carboxylic acids is 1. The largest absolute Gasteiger partial charge is 0.508 e. The lowest BCUT2D eigenvalue weighted by atomic mass is 9.76. The molecule has 0 aliphatic carbocycles. The van der Waals surface area contributed by atoms with Crippen LogP contribution in [0.3, 0.4) is 0 Å². The first-order chi connectivity index (χ1) is 18.5. The number of hydrogen-bond acceptors (Lipinski definition) is 5. The van der Waals surface area contributed by atoms with Gasteiger partial charge < -0.3 is 19.7 Å². The summed E-state index contributed by atoms with van der Waals surface area (Å²) >= 11 is 0. The lowest BCUT2D eigenvalue weighted by molar-refractivity contribution is 0.0226. The summed E-state index contributed by atoms with van der Waals surface area (Å²) in [6.07, 6.45) is 1.25. The van der Waals surface area contributed by atoms with E-state index in [9.17, 15) is 15.0 Å². The zero-order valence-electron chi connectivity index (χ0n) is 21.9. The first kappa shape index (κ1) is 25.2. The molecule has 2 heterocycles. The number of aromatic hydroxyl groups is 2. The Morgan fingerprint density at radius 2 is 1.16 bits per heavy atom. The van der Waals surface area contributed by atoms with E-state index in [2.05, 4.69) is 13.8 Å². The summed E-state index contributed by atoms with van der Waals surface area (Å²) < 4.78 is 12.8. The molecule has 5 aromatic rings. The maximum absolute atomic E-state index is 13.1. The zero-order valence-corrected chi connectivity index (χ0v) is 21.9. The molecule has 192 valence electrons. The second-order valence-electron chi connectivity index (χ2n) is 9.12. The molecule has 2 aliphatic rings. The van der Waals surface area contributed by atoms with Gasteiger partial charge in [-0.05, 0) is 53.2 Å². The van der Waals surface area contributed by atoms with Crippen LogP contribution >= 0.6 is 0 Å². The number of esters is 1. The van der Waals surface area contributed by atoms with Gasteiger partial charge in [-0.2, -0.15) is 0 Å². The Hall–Kier alpha value is -4.51. The van der Waals surface area contributed by atoms with Crippen LogP contribution in [0, 0.1) is 0 Å². The molecule has 2 N–H and O–H groups in total. The van der Waals surface area contributed by atoms with Gasteiger partial charge in [0, 0.05) is 27.5 Å². The van der Waals surface area contributed by atoms with Crippen molar-refractivity contribution in [2.45, 2.75) is 39.7 Å². The fourth-order valence-electron chi connectivity index (χ4n) is 5.20. The molecule has 5 aromatic carbocycles. The number of carbonyl (C=O) groups is 1. The highest BCUT2D eigenvalue weighted by Crippen LogP contribution is 2.59. The van der Waals surface area contributed by atoms with Gasteiger partial charge in [0.25, 0.3) is 0 Å². The molecule has 0 unspecified atom stereocenters. The highest BCUT2D eigenvalue weighted by molar-refractivity contribution is 6.01. The molecule has 1 spiro atoms. The molecule has 0 atom stereocenters. The predicted molar refractivity (Wildman–Crippen MR) is 150 cm³/mol. The van der Waals surface area contributed by atoms with E-state index in [1.165, 1.54) is 6.42 Å². The lowest BCUT2D eigenvalue weighted by Crippen LogP contribution is -2.33. The molecule has 0 saturated carbocycles.